The molecule has 3 atom stereocenters. The summed E-state index contributed by atoms with van der Waals surface area (Å²) < 4.78 is 0. The summed E-state index contributed by atoms with van der Waals surface area (Å²) in [6.45, 7) is 1.53. The standard InChI is InChI=1S/C12H16O4/c1-7(10(13)14)4-9-5-8-2-3-12(9,6-8)11(15)16/h4,8-9H,2-3,5-6H2,1H3,(H,13,14)(H,15,16). The smallest absolute Gasteiger partial charge is 0.330 e. The lowest BCUT2D eigenvalue weighted by molar-refractivity contribution is -0.150. The van der Waals surface area contributed by atoms with E-state index in [2.05, 4.69) is 0 Å². The van der Waals surface area contributed by atoms with Crippen LogP contribution in [0.3, 0.4) is 0 Å². The van der Waals surface area contributed by atoms with Crippen molar-refractivity contribution < 1.29 is 19.8 Å². The van der Waals surface area contributed by atoms with Gasteiger partial charge in [-0.3, -0.25) is 4.79 Å². The number of allylic oxidation sites excluding steroid dienone is 1. The predicted octanol–water partition coefficient (Wildman–Crippen LogP) is 1.91. The minimum atomic E-state index is -0.955. The summed E-state index contributed by atoms with van der Waals surface area (Å²) in [5.41, 5.74) is -0.417. The first-order valence-corrected chi connectivity index (χ1v) is 5.61. The molecule has 0 saturated heterocycles. The second-order valence-electron chi connectivity index (χ2n) is 5.07. The van der Waals surface area contributed by atoms with Gasteiger partial charge in [0.05, 0.1) is 5.41 Å². The van der Waals surface area contributed by atoms with E-state index < -0.39 is 17.4 Å². The van der Waals surface area contributed by atoms with Crippen molar-refractivity contribution in [2.45, 2.75) is 32.6 Å². The highest BCUT2D eigenvalue weighted by molar-refractivity contribution is 5.86. The Morgan fingerprint density at radius 2 is 2.06 bits per heavy atom. The van der Waals surface area contributed by atoms with Crippen molar-refractivity contribution in [2.75, 3.05) is 0 Å². The van der Waals surface area contributed by atoms with E-state index in [4.69, 9.17) is 5.11 Å². The summed E-state index contributed by atoms with van der Waals surface area (Å²) in [6.07, 6.45) is 4.87. The van der Waals surface area contributed by atoms with Crippen LogP contribution >= 0.6 is 0 Å². The van der Waals surface area contributed by atoms with Gasteiger partial charge < -0.3 is 10.2 Å². The van der Waals surface area contributed by atoms with Crippen LogP contribution in [0.1, 0.15) is 32.6 Å². The van der Waals surface area contributed by atoms with Gasteiger partial charge in [-0.15, -0.1) is 0 Å². The number of rotatable bonds is 3. The number of carbonyl (C=O) groups is 2. The van der Waals surface area contributed by atoms with Gasteiger partial charge in [0.25, 0.3) is 0 Å². The SMILES string of the molecule is CC(=CC1CC2CCC1(C(=O)O)C2)C(=O)O. The number of carboxylic acids is 2. The molecule has 3 unspecified atom stereocenters. The molecule has 0 aromatic heterocycles. The van der Waals surface area contributed by atoms with E-state index in [-0.39, 0.29) is 11.5 Å². The summed E-state index contributed by atoms with van der Waals surface area (Å²) in [4.78, 5) is 22.1. The molecule has 4 nitrogen and oxygen atoms in total. The molecule has 2 saturated carbocycles. The van der Waals surface area contributed by atoms with E-state index >= 15 is 0 Å². The Morgan fingerprint density at radius 1 is 1.38 bits per heavy atom. The molecule has 2 N–H and O–H groups in total. The lowest BCUT2D eigenvalue weighted by atomic mass is 9.74. The lowest BCUT2D eigenvalue weighted by Crippen LogP contribution is -2.33. The van der Waals surface area contributed by atoms with Crippen LogP contribution in [0.15, 0.2) is 11.6 Å². The fourth-order valence-electron chi connectivity index (χ4n) is 3.26. The molecule has 0 spiro atoms. The number of hydrogen-bond acceptors (Lipinski definition) is 2. The molecule has 0 radical (unpaired) electrons. The summed E-state index contributed by atoms with van der Waals surface area (Å²) in [6, 6.07) is 0. The predicted molar refractivity (Wildman–Crippen MR) is 56.9 cm³/mol. The van der Waals surface area contributed by atoms with Crippen LogP contribution in [0.4, 0.5) is 0 Å². The quantitative estimate of drug-likeness (QED) is 0.718. The summed E-state index contributed by atoms with van der Waals surface area (Å²) in [5.74, 6) is -1.34. The lowest BCUT2D eigenvalue weighted by Gasteiger charge is -2.29. The van der Waals surface area contributed by atoms with Crippen molar-refractivity contribution in [3.8, 4) is 0 Å². The second kappa shape index (κ2) is 3.61. The number of hydrogen-bond donors (Lipinski definition) is 2. The number of fused-ring (bicyclic) bond motifs is 2. The zero-order chi connectivity index (χ0) is 11.9. The fraction of sp³-hybridized carbons (Fsp3) is 0.667. The minimum absolute atomic E-state index is 0.0974. The second-order valence-corrected chi connectivity index (χ2v) is 5.07. The van der Waals surface area contributed by atoms with Crippen molar-refractivity contribution in [3.63, 3.8) is 0 Å². The number of carboxylic acid groups (broad SMARTS) is 2. The summed E-state index contributed by atoms with van der Waals surface area (Å²) >= 11 is 0. The Kier molecular flexibility index (Phi) is 2.52. The Hall–Kier alpha value is -1.32. The van der Waals surface area contributed by atoms with Crippen LogP contribution < -0.4 is 0 Å². The maximum Gasteiger partial charge on any atom is 0.330 e. The molecule has 16 heavy (non-hydrogen) atoms. The Morgan fingerprint density at radius 3 is 2.56 bits per heavy atom. The van der Waals surface area contributed by atoms with Crippen molar-refractivity contribution in [1.29, 1.82) is 0 Å². The molecule has 2 aliphatic carbocycles. The molecular formula is C12H16O4. The zero-order valence-electron chi connectivity index (χ0n) is 9.27. The third kappa shape index (κ3) is 1.52. The minimum Gasteiger partial charge on any atom is -0.481 e. The Bertz CT molecular complexity index is 371. The largest absolute Gasteiger partial charge is 0.481 e. The van der Waals surface area contributed by atoms with Gasteiger partial charge in [-0.05, 0) is 44.4 Å². The van der Waals surface area contributed by atoms with E-state index in [0.717, 1.165) is 19.3 Å². The van der Waals surface area contributed by atoms with Crippen molar-refractivity contribution in [3.05, 3.63) is 11.6 Å². The first kappa shape index (κ1) is 11.2. The maximum absolute atomic E-state index is 11.4. The molecule has 2 rings (SSSR count). The normalized spacial score (nSPS) is 37.7. The average molecular weight is 224 g/mol. The molecule has 2 fully saturated rings. The Balaban J connectivity index is 2.27. The van der Waals surface area contributed by atoms with Crippen LogP contribution in [0.2, 0.25) is 0 Å². The van der Waals surface area contributed by atoms with E-state index in [0.29, 0.717) is 12.3 Å². The van der Waals surface area contributed by atoms with Crippen molar-refractivity contribution >= 4 is 11.9 Å². The molecule has 88 valence electrons. The molecule has 4 heteroatoms. The van der Waals surface area contributed by atoms with E-state index in [1.54, 1.807) is 6.08 Å². The molecule has 2 aliphatic rings. The molecule has 0 heterocycles. The van der Waals surface area contributed by atoms with Gasteiger partial charge in [-0.1, -0.05) is 6.08 Å². The van der Waals surface area contributed by atoms with Gasteiger partial charge in [0.2, 0.25) is 0 Å². The highest BCUT2D eigenvalue weighted by atomic mass is 16.4. The van der Waals surface area contributed by atoms with E-state index in [9.17, 15) is 14.7 Å². The maximum atomic E-state index is 11.4. The molecule has 0 aromatic rings. The average Bonchev–Trinajstić information content (AvgIpc) is 2.75. The zero-order valence-corrected chi connectivity index (χ0v) is 9.27. The van der Waals surface area contributed by atoms with E-state index in [1.807, 2.05) is 0 Å². The fourth-order valence-corrected chi connectivity index (χ4v) is 3.26. The van der Waals surface area contributed by atoms with Crippen LogP contribution in [-0.2, 0) is 9.59 Å². The molecule has 2 bridgehead atoms. The van der Waals surface area contributed by atoms with Crippen LogP contribution in [0.25, 0.3) is 0 Å². The van der Waals surface area contributed by atoms with Gasteiger partial charge in [0.1, 0.15) is 0 Å². The highest BCUT2D eigenvalue weighted by Gasteiger charge is 2.56. The molecule has 0 aliphatic heterocycles. The summed E-state index contributed by atoms with van der Waals surface area (Å²) in [7, 11) is 0. The van der Waals surface area contributed by atoms with Crippen molar-refractivity contribution in [1.82, 2.24) is 0 Å². The first-order chi connectivity index (χ1) is 7.45. The summed E-state index contributed by atoms with van der Waals surface area (Å²) in [5, 5.41) is 18.2. The van der Waals surface area contributed by atoms with Gasteiger partial charge in [0, 0.05) is 5.57 Å². The molecule has 0 amide bonds. The van der Waals surface area contributed by atoms with Crippen molar-refractivity contribution in [2.24, 2.45) is 17.3 Å². The molecule has 0 aromatic carbocycles. The third-order valence-electron chi connectivity index (χ3n) is 4.16. The molecular weight excluding hydrogens is 208 g/mol. The van der Waals surface area contributed by atoms with Gasteiger partial charge in [-0.25, -0.2) is 4.79 Å². The van der Waals surface area contributed by atoms with Crippen LogP contribution in [-0.4, -0.2) is 22.2 Å². The van der Waals surface area contributed by atoms with Gasteiger partial charge in [0.15, 0.2) is 0 Å². The topological polar surface area (TPSA) is 74.6 Å². The monoisotopic (exact) mass is 224 g/mol. The third-order valence-corrected chi connectivity index (χ3v) is 4.16. The number of aliphatic carboxylic acids is 2. The van der Waals surface area contributed by atoms with E-state index in [1.165, 1.54) is 6.92 Å². The van der Waals surface area contributed by atoms with Gasteiger partial charge in [-0.2, -0.15) is 0 Å². The first-order valence-electron chi connectivity index (χ1n) is 5.61. The van der Waals surface area contributed by atoms with Gasteiger partial charge >= 0.3 is 11.9 Å². The van der Waals surface area contributed by atoms with Crippen LogP contribution in [0, 0.1) is 17.3 Å². The highest BCUT2D eigenvalue weighted by Crippen LogP contribution is 2.58. The van der Waals surface area contributed by atoms with Crippen LogP contribution in [0.5, 0.6) is 0 Å². The Labute approximate surface area is 94.0 Å².